The van der Waals surface area contributed by atoms with Gasteiger partial charge in [-0.15, -0.1) is 0 Å². The topological polar surface area (TPSA) is 74.6 Å². The molecule has 1 fully saturated rings. The van der Waals surface area contributed by atoms with Crippen LogP contribution in [0.1, 0.15) is 53.2 Å². The van der Waals surface area contributed by atoms with Crippen molar-refractivity contribution in [2.75, 3.05) is 0 Å². The van der Waals surface area contributed by atoms with E-state index in [1.807, 2.05) is 19.1 Å². The second-order valence-corrected chi connectivity index (χ2v) is 7.75. The molecule has 2 aromatic rings. The molecule has 172 valence electrons. The van der Waals surface area contributed by atoms with Gasteiger partial charge in [0.25, 0.3) is 0 Å². The summed E-state index contributed by atoms with van der Waals surface area (Å²) in [6.07, 6.45) is 1.07. The van der Waals surface area contributed by atoms with Gasteiger partial charge in [0.2, 0.25) is 0 Å². The Labute approximate surface area is 185 Å². The van der Waals surface area contributed by atoms with Crippen molar-refractivity contribution in [2.24, 2.45) is 5.92 Å². The second kappa shape index (κ2) is 11.6. The molecule has 0 aromatic heterocycles. The highest BCUT2D eigenvalue weighted by Gasteiger charge is 2.30. The minimum absolute atomic E-state index is 0.126. The number of hydrogen-bond donors (Lipinski definition) is 2. The van der Waals surface area contributed by atoms with Gasteiger partial charge in [0.1, 0.15) is 5.78 Å². The first kappa shape index (κ1) is 25.3. The Hall–Kier alpha value is -2.93. The molecule has 0 heterocycles. The first-order valence-electron chi connectivity index (χ1n) is 10.4. The van der Waals surface area contributed by atoms with Crippen LogP contribution >= 0.6 is 0 Å². The van der Waals surface area contributed by atoms with Gasteiger partial charge in [-0.3, -0.25) is 4.79 Å². The standard InChI is InChI=1S/C16H17F3O2.C9H10O2/c17-16(18,19)13-3-1-2-12(8-13)10-15(21)7-5-11-4-6-14(20)9-11;1-2-7-3-5-8(6-4-7)9(10)11/h1-3,5,7-8,11,15,21H,4,6,9-10H2;3-6H,2H2,1H3,(H,10,11)/b7-5+;/t11-,15?;/m1./s1. The summed E-state index contributed by atoms with van der Waals surface area (Å²) < 4.78 is 37.8. The van der Waals surface area contributed by atoms with Crippen LogP contribution in [0.2, 0.25) is 0 Å². The number of rotatable bonds is 6. The lowest BCUT2D eigenvalue weighted by Gasteiger charge is -2.10. The number of Topliss-reactive ketones (excluding diaryl/α,β-unsaturated/α-hetero) is 1. The first-order chi connectivity index (χ1) is 15.1. The molecule has 3 rings (SSSR count). The smallest absolute Gasteiger partial charge is 0.416 e. The number of ketones is 1. The zero-order chi connectivity index (χ0) is 23.7. The van der Waals surface area contributed by atoms with E-state index in [9.17, 15) is 27.9 Å². The summed E-state index contributed by atoms with van der Waals surface area (Å²) in [5, 5.41) is 18.4. The Morgan fingerprint density at radius 1 is 1.16 bits per heavy atom. The van der Waals surface area contributed by atoms with E-state index in [0.717, 1.165) is 30.5 Å². The normalized spacial score (nSPS) is 17.2. The summed E-state index contributed by atoms with van der Waals surface area (Å²) in [4.78, 5) is 21.5. The number of hydrogen-bond acceptors (Lipinski definition) is 3. The maximum atomic E-state index is 12.6. The van der Waals surface area contributed by atoms with Gasteiger partial charge >= 0.3 is 12.1 Å². The van der Waals surface area contributed by atoms with E-state index >= 15 is 0 Å². The third-order valence-electron chi connectivity index (χ3n) is 5.20. The van der Waals surface area contributed by atoms with E-state index in [1.54, 1.807) is 30.4 Å². The lowest BCUT2D eigenvalue weighted by atomic mass is 10.0. The molecule has 1 aliphatic carbocycles. The Kier molecular flexibility index (Phi) is 9.20. The summed E-state index contributed by atoms with van der Waals surface area (Å²) in [6.45, 7) is 2.04. The highest BCUT2D eigenvalue weighted by Crippen LogP contribution is 2.30. The zero-order valence-corrected chi connectivity index (χ0v) is 17.8. The average Bonchev–Trinajstić information content (AvgIpc) is 3.17. The summed E-state index contributed by atoms with van der Waals surface area (Å²) in [7, 11) is 0. The number of aromatic carboxylic acids is 1. The Morgan fingerprint density at radius 2 is 1.84 bits per heavy atom. The maximum Gasteiger partial charge on any atom is 0.416 e. The van der Waals surface area contributed by atoms with Crippen LogP contribution in [0.15, 0.2) is 60.7 Å². The van der Waals surface area contributed by atoms with Gasteiger partial charge in [0, 0.05) is 19.3 Å². The molecule has 32 heavy (non-hydrogen) atoms. The quantitative estimate of drug-likeness (QED) is 0.574. The van der Waals surface area contributed by atoms with Gasteiger partial charge in [-0.2, -0.15) is 13.2 Å². The lowest BCUT2D eigenvalue weighted by Crippen LogP contribution is -2.10. The van der Waals surface area contributed by atoms with Crippen LogP contribution < -0.4 is 0 Å². The Balaban J connectivity index is 0.000000278. The predicted octanol–water partition coefficient (Wildman–Crippen LogP) is 5.48. The van der Waals surface area contributed by atoms with Crippen molar-refractivity contribution in [3.05, 3.63) is 82.9 Å². The van der Waals surface area contributed by atoms with Gasteiger partial charge in [-0.1, -0.05) is 49.4 Å². The molecule has 2 atom stereocenters. The van der Waals surface area contributed by atoms with Crippen molar-refractivity contribution in [3.63, 3.8) is 0 Å². The molecule has 0 saturated heterocycles. The highest BCUT2D eigenvalue weighted by molar-refractivity contribution is 5.87. The number of aliphatic hydroxyl groups excluding tert-OH is 1. The van der Waals surface area contributed by atoms with Crippen molar-refractivity contribution in [1.82, 2.24) is 0 Å². The lowest BCUT2D eigenvalue weighted by molar-refractivity contribution is -0.137. The van der Waals surface area contributed by atoms with Crippen LogP contribution in [0.25, 0.3) is 0 Å². The van der Waals surface area contributed by atoms with Gasteiger partial charge in [-0.25, -0.2) is 4.79 Å². The summed E-state index contributed by atoms with van der Waals surface area (Å²) in [6, 6.07) is 11.9. The number of aryl methyl sites for hydroxylation is 1. The molecule has 1 aliphatic rings. The van der Waals surface area contributed by atoms with E-state index in [0.29, 0.717) is 24.0 Å². The third kappa shape index (κ3) is 8.30. The highest BCUT2D eigenvalue weighted by atomic mass is 19.4. The molecule has 0 radical (unpaired) electrons. The van der Waals surface area contributed by atoms with Crippen LogP contribution in [-0.2, 0) is 23.8 Å². The molecule has 0 bridgehead atoms. The fraction of sp³-hybridized carbons (Fsp3) is 0.360. The van der Waals surface area contributed by atoms with Crippen molar-refractivity contribution >= 4 is 11.8 Å². The molecule has 1 unspecified atom stereocenters. The van der Waals surface area contributed by atoms with Gasteiger partial charge in [0.15, 0.2) is 0 Å². The van der Waals surface area contributed by atoms with Gasteiger partial charge in [-0.05, 0) is 48.1 Å². The summed E-state index contributed by atoms with van der Waals surface area (Å²) in [5.74, 6) is -0.502. The first-order valence-corrected chi connectivity index (χ1v) is 10.4. The molecule has 7 heteroatoms. The number of carbonyl (C=O) groups excluding carboxylic acids is 1. The fourth-order valence-electron chi connectivity index (χ4n) is 3.36. The van der Waals surface area contributed by atoms with E-state index < -0.39 is 23.8 Å². The molecule has 2 N–H and O–H groups in total. The molecule has 1 saturated carbocycles. The van der Waals surface area contributed by atoms with E-state index in [-0.39, 0.29) is 18.1 Å². The fourth-order valence-corrected chi connectivity index (χ4v) is 3.36. The number of benzene rings is 2. The number of carboxylic acids is 1. The molecule has 0 aliphatic heterocycles. The molecular weight excluding hydrogens is 421 g/mol. The van der Waals surface area contributed by atoms with Crippen LogP contribution in [0, 0.1) is 5.92 Å². The van der Waals surface area contributed by atoms with Crippen molar-refractivity contribution in [1.29, 1.82) is 0 Å². The molecule has 0 amide bonds. The number of aliphatic hydroxyl groups is 1. The van der Waals surface area contributed by atoms with Crippen LogP contribution in [0.4, 0.5) is 13.2 Å². The number of halogens is 3. The minimum Gasteiger partial charge on any atom is -0.478 e. The third-order valence-corrected chi connectivity index (χ3v) is 5.20. The minimum atomic E-state index is -4.37. The van der Waals surface area contributed by atoms with Gasteiger partial charge < -0.3 is 10.2 Å². The monoisotopic (exact) mass is 448 g/mol. The van der Waals surface area contributed by atoms with Crippen LogP contribution in [0.3, 0.4) is 0 Å². The zero-order valence-electron chi connectivity index (χ0n) is 17.8. The van der Waals surface area contributed by atoms with Crippen molar-refractivity contribution in [3.8, 4) is 0 Å². The van der Waals surface area contributed by atoms with E-state index in [1.165, 1.54) is 6.07 Å². The SMILES string of the molecule is CCc1ccc(C(=O)O)cc1.O=C1CC[C@H](/C=C/C(O)Cc2cccc(C(F)(F)F)c2)C1. The number of carbonyl (C=O) groups is 2. The number of allylic oxidation sites excluding steroid dienone is 1. The van der Waals surface area contributed by atoms with Crippen LogP contribution in [-0.4, -0.2) is 28.1 Å². The number of carboxylic acid groups (broad SMARTS) is 1. The largest absolute Gasteiger partial charge is 0.478 e. The molecular formula is C25H27F3O4. The predicted molar refractivity (Wildman–Crippen MR) is 115 cm³/mol. The Morgan fingerprint density at radius 3 is 2.38 bits per heavy atom. The molecule has 2 aromatic carbocycles. The van der Waals surface area contributed by atoms with Crippen LogP contribution in [0.5, 0.6) is 0 Å². The summed E-state index contributed by atoms with van der Waals surface area (Å²) in [5.41, 5.74) is 1.24. The van der Waals surface area contributed by atoms with E-state index in [2.05, 4.69) is 0 Å². The van der Waals surface area contributed by atoms with Crippen molar-refractivity contribution in [2.45, 2.75) is 51.3 Å². The molecule has 4 nitrogen and oxygen atoms in total. The molecule has 0 spiro atoms. The average molecular weight is 448 g/mol. The second-order valence-electron chi connectivity index (χ2n) is 7.75. The Bertz CT molecular complexity index is 933. The van der Waals surface area contributed by atoms with E-state index in [4.69, 9.17) is 5.11 Å². The number of alkyl halides is 3. The summed E-state index contributed by atoms with van der Waals surface area (Å²) >= 11 is 0. The maximum absolute atomic E-state index is 12.6. The van der Waals surface area contributed by atoms with Crippen molar-refractivity contribution < 1.29 is 33.0 Å². The van der Waals surface area contributed by atoms with Gasteiger partial charge in [0.05, 0.1) is 17.2 Å².